The van der Waals surface area contributed by atoms with Crippen molar-refractivity contribution >= 4 is 17.4 Å². The Morgan fingerprint density at radius 3 is 2.41 bits per heavy atom. The van der Waals surface area contributed by atoms with Gasteiger partial charge in [-0.25, -0.2) is 9.67 Å². The van der Waals surface area contributed by atoms with E-state index in [9.17, 15) is 4.79 Å². The van der Waals surface area contributed by atoms with Crippen molar-refractivity contribution in [2.45, 2.75) is 65.0 Å². The van der Waals surface area contributed by atoms with Crippen LogP contribution in [0.1, 0.15) is 58.9 Å². The van der Waals surface area contributed by atoms with Crippen LogP contribution in [0.5, 0.6) is 5.75 Å². The van der Waals surface area contributed by atoms with E-state index in [2.05, 4.69) is 10.1 Å². The first-order valence-electron chi connectivity index (χ1n) is 9.67. The standard InChI is InChI=1S/C21H28ClN3O2/c1-21(2,3)20(26)18(25-14-23-13-24-25)19(15-7-5-4-6-8-15)27-17-11-9-16(22)10-12-17/h9-15,18-19H,4-8H2,1-3H3. The number of hydrogen-bond acceptors (Lipinski definition) is 4. The summed E-state index contributed by atoms with van der Waals surface area (Å²) in [6.45, 7) is 5.83. The van der Waals surface area contributed by atoms with Crippen molar-refractivity contribution in [2.75, 3.05) is 0 Å². The number of aromatic nitrogens is 3. The van der Waals surface area contributed by atoms with Crippen molar-refractivity contribution in [3.8, 4) is 5.75 Å². The summed E-state index contributed by atoms with van der Waals surface area (Å²) in [6, 6.07) is 6.83. The maximum atomic E-state index is 13.4. The minimum atomic E-state index is -0.508. The van der Waals surface area contributed by atoms with Gasteiger partial charge in [-0.1, -0.05) is 51.6 Å². The van der Waals surface area contributed by atoms with Crippen LogP contribution in [0.2, 0.25) is 5.02 Å². The van der Waals surface area contributed by atoms with Crippen molar-refractivity contribution in [3.05, 3.63) is 41.9 Å². The van der Waals surface area contributed by atoms with Crippen molar-refractivity contribution in [3.63, 3.8) is 0 Å². The van der Waals surface area contributed by atoms with Crippen molar-refractivity contribution in [2.24, 2.45) is 11.3 Å². The van der Waals surface area contributed by atoms with Crippen LogP contribution >= 0.6 is 11.6 Å². The Hall–Kier alpha value is -1.88. The van der Waals surface area contributed by atoms with Crippen LogP contribution in [-0.2, 0) is 4.79 Å². The van der Waals surface area contributed by atoms with Gasteiger partial charge in [0.25, 0.3) is 0 Å². The Bertz CT molecular complexity index is 732. The number of carbonyl (C=O) groups excluding carboxylic acids is 1. The largest absolute Gasteiger partial charge is 0.487 e. The molecule has 1 aliphatic carbocycles. The SMILES string of the molecule is CC(C)(C)C(=O)C(C(Oc1ccc(Cl)cc1)C1CCCCC1)n1cncn1. The van der Waals surface area contributed by atoms with E-state index in [1.807, 2.05) is 45.0 Å². The van der Waals surface area contributed by atoms with Gasteiger partial charge in [-0.05, 0) is 43.0 Å². The van der Waals surface area contributed by atoms with Crippen LogP contribution in [0.15, 0.2) is 36.9 Å². The molecule has 0 bridgehead atoms. The molecule has 0 radical (unpaired) electrons. The van der Waals surface area contributed by atoms with E-state index < -0.39 is 11.5 Å². The highest BCUT2D eigenvalue weighted by Gasteiger charge is 2.42. The summed E-state index contributed by atoms with van der Waals surface area (Å²) < 4.78 is 8.11. The second-order valence-electron chi connectivity index (χ2n) is 8.37. The number of rotatable bonds is 6. The molecule has 2 aromatic rings. The first kappa shape index (κ1) is 19.9. The lowest BCUT2D eigenvalue weighted by Crippen LogP contribution is -2.45. The van der Waals surface area contributed by atoms with Gasteiger partial charge in [-0.15, -0.1) is 0 Å². The molecule has 0 aliphatic heterocycles. The van der Waals surface area contributed by atoms with E-state index in [1.165, 1.54) is 25.6 Å². The zero-order valence-corrected chi connectivity index (χ0v) is 17.0. The number of ether oxygens (including phenoxy) is 1. The zero-order valence-electron chi connectivity index (χ0n) is 16.3. The molecule has 6 heteroatoms. The number of Topliss-reactive ketones (excluding diaryl/α,β-unsaturated/α-hetero) is 1. The summed E-state index contributed by atoms with van der Waals surface area (Å²) in [5.74, 6) is 1.13. The van der Waals surface area contributed by atoms with Gasteiger partial charge < -0.3 is 4.74 Å². The maximum absolute atomic E-state index is 13.4. The molecule has 27 heavy (non-hydrogen) atoms. The number of benzene rings is 1. The third-order valence-electron chi connectivity index (χ3n) is 5.24. The van der Waals surface area contributed by atoms with E-state index in [4.69, 9.17) is 16.3 Å². The van der Waals surface area contributed by atoms with Crippen LogP contribution < -0.4 is 4.74 Å². The van der Waals surface area contributed by atoms with Crippen LogP contribution in [0.4, 0.5) is 0 Å². The molecule has 1 aromatic heterocycles. The third kappa shape index (κ3) is 4.89. The number of nitrogens with zero attached hydrogens (tertiary/aromatic N) is 3. The first-order chi connectivity index (χ1) is 12.9. The minimum absolute atomic E-state index is 0.109. The highest BCUT2D eigenvalue weighted by atomic mass is 35.5. The predicted molar refractivity (Wildman–Crippen MR) is 106 cm³/mol. The summed E-state index contributed by atoms with van der Waals surface area (Å²) >= 11 is 6.02. The molecule has 5 nitrogen and oxygen atoms in total. The van der Waals surface area contributed by atoms with Gasteiger partial charge in [0.2, 0.25) is 0 Å². The fourth-order valence-corrected chi connectivity index (χ4v) is 3.90. The molecule has 2 unspecified atom stereocenters. The molecule has 1 saturated carbocycles. The summed E-state index contributed by atoms with van der Waals surface area (Å²) in [7, 11) is 0. The predicted octanol–water partition coefficient (Wildman–Crippen LogP) is 5.12. The lowest BCUT2D eigenvalue weighted by molar-refractivity contribution is -0.134. The molecule has 1 heterocycles. The Morgan fingerprint density at radius 2 is 1.85 bits per heavy atom. The van der Waals surface area contributed by atoms with Crippen LogP contribution in [0.25, 0.3) is 0 Å². The van der Waals surface area contributed by atoms with E-state index in [0.29, 0.717) is 10.9 Å². The number of carbonyl (C=O) groups is 1. The van der Waals surface area contributed by atoms with Gasteiger partial charge in [0.15, 0.2) is 5.78 Å². The van der Waals surface area contributed by atoms with Gasteiger partial charge in [-0.3, -0.25) is 4.79 Å². The van der Waals surface area contributed by atoms with E-state index in [1.54, 1.807) is 11.0 Å². The summed E-state index contributed by atoms with van der Waals surface area (Å²) in [5, 5.41) is 4.97. The smallest absolute Gasteiger partial charge is 0.166 e. The van der Waals surface area contributed by atoms with Crippen molar-refractivity contribution in [1.29, 1.82) is 0 Å². The zero-order chi connectivity index (χ0) is 19.4. The second kappa shape index (κ2) is 8.42. The van der Waals surface area contributed by atoms with Gasteiger partial charge >= 0.3 is 0 Å². The van der Waals surface area contributed by atoms with Crippen LogP contribution in [-0.4, -0.2) is 26.7 Å². The molecule has 1 aromatic carbocycles. The van der Waals surface area contributed by atoms with Gasteiger partial charge in [0, 0.05) is 10.4 Å². The number of ketones is 1. The normalized spacial score (nSPS) is 18.1. The molecular formula is C21H28ClN3O2. The maximum Gasteiger partial charge on any atom is 0.166 e. The summed E-state index contributed by atoms with van der Waals surface area (Å²) in [6.07, 6.45) is 8.49. The molecular weight excluding hydrogens is 362 g/mol. The van der Waals surface area contributed by atoms with E-state index >= 15 is 0 Å². The molecule has 0 saturated heterocycles. The van der Waals surface area contributed by atoms with E-state index in [0.717, 1.165) is 18.6 Å². The molecule has 0 N–H and O–H groups in total. The Labute approximate surface area is 166 Å². The van der Waals surface area contributed by atoms with E-state index in [-0.39, 0.29) is 11.9 Å². The molecule has 0 amide bonds. The van der Waals surface area contributed by atoms with Crippen molar-refractivity contribution in [1.82, 2.24) is 14.8 Å². The summed E-state index contributed by atoms with van der Waals surface area (Å²) in [5.41, 5.74) is -0.507. The molecule has 2 atom stereocenters. The Morgan fingerprint density at radius 1 is 1.19 bits per heavy atom. The molecule has 146 valence electrons. The molecule has 0 spiro atoms. The molecule has 3 rings (SSSR count). The quantitative estimate of drug-likeness (QED) is 0.688. The average Bonchev–Trinajstić information content (AvgIpc) is 3.17. The number of halogens is 1. The summed E-state index contributed by atoms with van der Waals surface area (Å²) in [4.78, 5) is 17.5. The lowest BCUT2D eigenvalue weighted by Gasteiger charge is -2.37. The fourth-order valence-electron chi connectivity index (χ4n) is 3.78. The molecule has 1 fully saturated rings. The monoisotopic (exact) mass is 389 g/mol. The van der Waals surface area contributed by atoms with Gasteiger partial charge in [-0.2, -0.15) is 5.10 Å². The average molecular weight is 390 g/mol. The van der Waals surface area contributed by atoms with Crippen LogP contribution in [0.3, 0.4) is 0 Å². The van der Waals surface area contributed by atoms with Gasteiger partial charge in [0.1, 0.15) is 30.5 Å². The first-order valence-corrected chi connectivity index (χ1v) is 10.0. The lowest BCUT2D eigenvalue weighted by atomic mass is 9.77. The Kier molecular flexibility index (Phi) is 6.20. The Balaban J connectivity index is 1.98. The third-order valence-corrected chi connectivity index (χ3v) is 5.49. The van der Waals surface area contributed by atoms with Crippen molar-refractivity contribution < 1.29 is 9.53 Å². The van der Waals surface area contributed by atoms with Gasteiger partial charge in [0.05, 0.1) is 0 Å². The van der Waals surface area contributed by atoms with Crippen LogP contribution in [0, 0.1) is 11.3 Å². The highest BCUT2D eigenvalue weighted by molar-refractivity contribution is 6.30. The minimum Gasteiger partial charge on any atom is -0.487 e. The number of hydrogen-bond donors (Lipinski definition) is 0. The molecule has 1 aliphatic rings. The topological polar surface area (TPSA) is 57.0 Å². The second-order valence-corrected chi connectivity index (χ2v) is 8.81. The fraction of sp³-hybridized carbons (Fsp3) is 0.571. The highest BCUT2D eigenvalue weighted by Crippen LogP contribution is 2.37.